The zero-order chi connectivity index (χ0) is 22.9. The number of rotatable bonds is 10. The van der Waals surface area contributed by atoms with E-state index in [0.717, 1.165) is 25.4 Å². The number of hydrogen-bond donors (Lipinski definition) is 0. The van der Waals surface area contributed by atoms with Gasteiger partial charge in [0.25, 0.3) is 0 Å². The van der Waals surface area contributed by atoms with Crippen LogP contribution in [-0.4, -0.2) is 18.7 Å². The van der Waals surface area contributed by atoms with E-state index in [0.29, 0.717) is 30.9 Å². The number of carbonyl (C=O) groups is 1. The van der Waals surface area contributed by atoms with Gasteiger partial charge in [-0.2, -0.15) is 0 Å². The van der Waals surface area contributed by atoms with Crippen LogP contribution in [-0.2, 0) is 9.53 Å². The first kappa shape index (κ1) is 25.1. The fourth-order valence-corrected chi connectivity index (χ4v) is 5.07. The normalized spacial score (nSPS) is 26.1. The molecule has 0 bridgehead atoms. The maximum atomic E-state index is 13.3. The number of unbranched alkanes of at least 4 members (excludes halogenated alkanes) is 3. The van der Waals surface area contributed by atoms with Gasteiger partial charge in [-0.1, -0.05) is 51.9 Å². The number of ether oxygens (including phenoxy) is 2. The van der Waals surface area contributed by atoms with E-state index in [1.54, 1.807) is 0 Å². The Bertz CT molecular complexity index is 700. The van der Waals surface area contributed by atoms with Gasteiger partial charge in [-0.3, -0.25) is 4.79 Å². The molecular weight excluding hydrogens is 417 g/mol. The van der Waals surface area contributed by atoms with Gasteiger partial charge in [-0.15, -0.1) is 0 Å². The van der Waals surface area contributed by atoms with E-state index < -0.39 is 23.4 Å². The molecule has 0 unspecified atom stereocenters. The highest BCUT2D eigenvalue weighted by Gasteiger charge is 2.29. The molecule has 0 saturated heterocycles. The van der Waals surface area contributed by atoms with E-state index in [-0.39, 0.29) is 17.8 Å². The first-order valence-corrected chi connectivity index (χ1v) is 12.4. The summed E-state index contributed by atoms with van der Waals surface area (Å²) in [5.41, 5.74) is 0. The van der Waals surface area contributed by atoms with E-state index >= 15 is 0 Å². The second kappa shape index (κ2) is 12.6. The summed E-state index contributed by atoms with van der Waals surface area (Å²) in [7, 11) is 0. The van der Waals surface area contributed by atoms with Crippen LogP contribution in [0.1, 0.15) is 90.4 Å². The van der Waals surface area contributed by atoms with Crippen LogP contribution >= 0.6 is 0 Å². The smallest absolute Gasteiger partial charge is 0.314 e. The van der Waals surface area contributed by atoms with Crippen LogP contribution in [0.3, 0.4) is 0 Å². The predicted octanol–water partition coefficient (Wildman–Crippen LogP) is 7.36. The molecule has 180 valence electrons. The number of hydrogen-bond acceptors (Lipinski definition) is 3. The Morgan fingerprint density at radius 3 is 2.12 bits per heavy atom. The van der Waals surface area contributed by atoms with Crippen molar-refractivity contribution in [3.63, 3.8) is 0 Å². The van der Waals surface area contributed by atoms with Crippen molar-refractivity contribution >= 4 is 5.97 Å². The predicted molar refractivity (Wildman–Crippen MR) is 118 cm³/mol. The molecule has 1 aromatic rings. The third-order valence-electron chi connectivity index (χ3n) is 7.18. The molecule has 2 fully saturated rings. The second-order valence-electron chi connectivity index (χ2n) is 9.67. The Balaban J connectivity index is 1.31. The first-order valence-electron chi connectivity index (χ1n) is 12.4. The lowest BCUT2D eigenvalue weighted by atomic mass is 9.80. The van der Waals surface area contributed by atoms with Crippen molar-refractivity contribution < 1.29 is 27.4 Å². The molecule has 0 aliphatic heterocycles. The molecule has 0 atom stereocenters. The Hall–Kier alpha value is -1.56. The van der Waals surface area contributed by atoms with E-state index in [2.05, 4.69) is 6.92 Å². The lowest BCUT2D eigenvalue weighted by molar-refractivity contribution is -0.141. The van der Waals surface area contributed by atoms with Crippen LogP contribution < -0.4 is 4.74 Å². The number of halogens is 3. The molecule has 2 aliphatic rings. The molecule has 0 amide bonds. The topological polar surface area (TPSA) is 35.5 Å². The van der Waals surface area contributed by atoms with Crippen molar-refractivity contribution in [3.05, 3.63) is 29.6 Å². The van der Waals surface area contributed by atoms with Gasteiger partial charge >= 0.3 is 5.97 Å². The second-order valence-corrected chi connectivity index (χ2v) is 9.67. The van der Waals surface area contributed by atoms with Crippen LogP contribution in [0.15, 0.2) is 12.1 Å². The summed E-state index contributed by atoms with van der Waals surface area (Å²) >= 11 is 0. The third kappa shape index (κ3) is 7.50. The van der Waals surface area contributed by atoms with E-state index in [1.807, 2.05) is 0 Å². The van der Waals surface area contributed by atoms with Gasteiger partial charge in [-0.25, -0.2) is 13.2 Å². The van der Waals surface area contributed by atoms with Gasteiger partial charge in [0.1, 0.15) is 5.75 Å². The average molecular weight is 455 g/mol. The van der Waals surface area contributed by atoms with Crippen LogP contribution in [0.25, 0.3) is 0 Å². The Morgan fingerprint density at radius 2 is 1.50 bits per heavy atom. The molecule has 0 aromatic heterocycles. The zero-order valence-electron chi connectivity index (χ0n) is 19.2. The molecule has 3 rings (SSSR count). The van der Waals surface area contributed by atoms with Crippen molar-refractivity contribution in [2.75, 3.05) is 6.61 Å². The minimum absolute atomic E-state index is 0.159. The number of esters is 1. The summed E-state index contributed by atoms with van der Waals surface area (Å²) in [6.07, 6.45) is 14.9. The lowest BCUT2D eigenvalue weighted by Crippen LogP contribution is -2.30. The standard InChI is InChI=1S/C26H37F3O3/c1-2-3-4-5-6-18-7-9-19(10-8-18)17-31-21-13-11-20(12-14-21)26(30)32-22-15-23(27)25(29)24(28)16-22/h15-16,18-21H,2-14,17H2,1H3/t18-,19-,20-,21-. The van der Waals surface area contributed by atoms with Crippen molar-refractivity contribution in [3.8, 4) is 5.75 Å². The van der Waals surface area contributed by atoms with E-state index in [9.17, 15) is 18.0 Å². The fourth-order valence-electron chi connectivity index (χ4n) is 5.07. The quantitative estimate of drug-likeness (QED) is 0.160. The molecule has 0 N–H and O–H groups in total. The summed E-state index contributed by atoms with van der Waals surface area (Å²) in [6, 6.07) is 1.40. The van der Waals surface area contributed by atoms with Crippen molar-refractivity contribution in [2.24, 2.45) is 17.8 Å². The molecule has 6 heteroatoms. The summed E-state index contributed by atoms with van der Waals surface area (Å²) in [6.45, 7) is 3.05. The summed E-state index contributed by atoms with van der Waals surface area (Å²) in [5, 5.41) is 0. The van der Waals surface area contributed by atoms with Crippen LogP contribution in [0.5, 0.6) is 5.75 Å². The number of benzene rings is 1. The highest BCUT2D eigenvalue weighted by Crippen LogP contribution is 2.34. The molecule has 2 aliphatic carbocycles. The molecular formula is C26H37F3O3. The number of carbonyl (C=O) groups excluding carboxylic acids is 1. The Morgan fingerprint density at radius 1 is 0.875 bits per heavy atom. The van der Waals surface area contributed by atoms with Gasteiger partial charge in [-0.05, 0) is 50.4 Å². The minimum atomic E-state index is -1.57. The van der Waals surface area contributed by atoms with Crippen LogP contribution in [0, 0.1) is 35.2 Å². The van der Waals surface area contributed by atoms with E-state index in [4.69, 9.17) is 9.47 Å². The van der Waals surface area contributed by atoms with Crippen molar-refractivity contribution in [2.45, 2.75) is 96.5 Å². The Labute approximate surface area is 190 Å². The average Bonchev–Trinajstić information content (AvgIpc) is 2.80. The highest BCUT2D eigenvalue weighted by atomic mass is 19.2. The third-order valence-corrected chi connectivity index (χ3v) is 7.18. The monoisotopic (exact) mass is 454 g/mol. The maximum absolute atomic E-state index is 13.3. The highest BCUT2D eigenvalue weighted by molar-refractivity contribution is 5.75. The molecule has 3 nitrogen and oxygen atoms in total. The summed E-state index contributed by atoms with van der Waals surface area (Å²) in [5.74, 6) is -3.90. The van der Waals surface area contributed by atoms with Gasteiger partial charge in [0.05, 0.1) is 12.0 Å². The van der Waals surface area contributed by atoms with Crippen molar-refractivity contribution in [1.29, 1.82) is 0 Å². The van der Waals surface area contributed by atoms with Gasteiger partial charge < -0.3 is 9.47 Å². The zero-order valence-corrected chi connectivity index (χ0v) is 19.2. The molecule has 32 heavy (non-hydrogen) atoms. The molecule has 0 spiro atoms. The largest absolute Gasteiger partial charge is 0.426 e. The minimum Gasteiger partial charge on any atom is -0.426 e. The van der Waals surface area contributed by atoms with E-state index in [1.165, 1.54) is 57.8 Å². The maximum Gasteiger partial charge on any atom is 0.314 e. The summed E-state index contributed by atoms with van der Waals surface area (Å²) in [4.78, 5) is 12.3. The molecule has 0 radical (unpaired) electrons. The SMILES string of the molecule is CCCCCC[C@H]1CC[C@H](CO[C@H]2CC[C@H](C(=O)Oc3cc(F)c(F)c(F)c3)CC2)CC1. The van der Waals surface area contributed by atoms with Gasteiger partial charge in [0.15, 0.2) is 17.5 Å². The Kier molecular flexibility index (Phi) is 9.89. The fraction of sp³-hybridized carbons (Fsp3) is 0.731. The van der Waals surface area contributed by atoms with Gasteiger partial charge in [0, 0.05) is 18.7 Å². The van der Waals surface area contributed by atoms with Crippen molar-refractivity contribution in [1.82, 2.24) is 0 Å². The molecule has 1 aromatic carbocycles. The van der Waals surface area contributed by atoms with Crippen LogP contribution in [0.2, 0.25) is 0 Å². The lowest BCUT2D eigenvalue weighted by Gasteiger charge is -2.31. The van der Waals surface area contributed by atoms with Gasteiger partial charge in [0.2, 0.25) is 0 Å². The first-order chi connectivity index (χ1) is 15.5. The summed E-state index contributed by atoms with van der Waals surface area (Å²) < 4.78 is 50.9. The van der Waals surface area contributed by atoms with Crippen LogP contribution in [0.4, 0.5) is 13.2 Å². The molecule has 2 saturated carbocycles. The molecule has 0 heterocycles.